The highest BCUT2D eigenvalue weighted by Gasteiger charge is 2.21. The van der Waals surface area contributed by atoms with Crippen LogP contribution in [0.15, 0.2) is 12.7 Å². The number of nitrogens with zero attached hydrogens (tertiary/aromatic N) is 2. The Hall–Kier alpha value is -2.00. The lowest BCUT2D eigenvalue weighted by Crippen LogP contribution is -2.23. The van der Waals surface area contributed by atoms with E-state index in [-0.39, 0.29) is 11.6 Å². The maximum Gasteiger partial charge on any atom is 0.263 e. The highest BCUT2D eigenvalue weighted by molar-refractivity contribution is 7.19. The molecule has 5 nitrogen and oxygen atoms in total. The molecular weight excluding hydrogens is 236 g/mol. The number of hydrogen-bond donors (Lipinski definition) is 2. The zero-order valence-electron chi connectivity index (χ0n) is 9.78. The number of nitrogens with one attached hydrogen (secondary N) is 1. The third kappa shape index (κ3) is 2.57. The van der Waals surface area contributed by atoms with E-state index in [1.54, 1.807) is 25.1 Å². The zero-order chi connectivity index (χ0) is 13.0. The molecule has 0 radical (unpaired) electrons. The Morgan fingerprint density at radius 1 is 1.71 bits per heavy atom. The van der Waals surface area contributed by atoms with Gasteiger partial charge in [-0.25, -0.2) is 0 Å². The lowest BCUT2D eigenvalue weighted by atomic mass is 10.2. The molecule has 1 heterocycles. The first-order valence-electron chi connectivity index (χ1n) is 4.91. The second kappa shape index (κ2) is 5.37. The lowest BCUT2D eigenvalue weighted by Gasteiger charge is -2.08. The van der Waals surface area contributed by atoms with Crippen molar-refractivity contribution in [3.63, 3.8) is 0 Å². The number of hydrogen-bond acceptors (Lipinski definition) is 5. The first kappa shape index (κ1) is 13.1. The first-order chi connectivity index (χ1) is 8.02. The van der Waals surface area contributed by atoms with E-state index < -0.39 is 0 Å². The van der Waals surface area contributed by atoms with E-state index in [0.29, 0.717) is 22.0 Å². The van der Waals surface area contributed by atoms with E-state index in [9.17, 15) is 4.79 Å². The molecule has 0 aromatic carbocycles. The molecule has 0 bridgehead atoms. The molecule has 0 aliphatic heterocycles. The Bertz CT molecular complexity index is 484. The average Bonchev–Trinajstić information content (AvgIpc) is 2.63. The van der Waals surface area contributed by atoms with E-state index in [2.05, 4.69) is 11.9 Å². The Balaban J connectivity index is 3.14. The predicted molar refractivity (Wildman–Crippen MR) is 70.3 cm³/mol. The van der Waals surface area contributed by atoms with Crippen LogP contribution in [0.1, 0.15) is 15.2 Å². The van der Waals surface area contributed by atoms with Crippen LogP contribution in [0.25, 0.3) is 0 Å². The van der Waals surface area contributed by atoms with Crippen molar-refractivity contribution in [1.29, 1.82) is 5.26 Å². The molecule has 0 atom stereocenters. The van der Waals surface area contributed by atoms with Crippen molar-refractivity contribution in [2.75, 3.05) is 31.3 Å². The Morgan fingerprint density at radius 3 is 2.76 bits per heavy atom. The van der Waals surface area contributed by atoms with Crippen LogP contribution in [0.2, 0.25) is 0 Å². The molecule has 1 aromatic rings. The van der Waals surface area contributed by atoms with Crippen LogP contribution in [0.3, 0.4) is 0 Å². The van der Waals surface area contributed by atoms with Crippen molar-refractivity contribution in [3.05, 3.63) is 23.1 Å². The van der Waals surface area contributed by atoms with Gasteiger partial charge in [0.15, 0.2) is 0 Å². The Labute approximate surface area is 104 Å². The number of nitriles is 1. The van der Waals surface area contributed by atoms with Gasteiger partial charge in [-0.05, 0) is 0 Å². The lowest BCUT2D eigenvalue weighted by molar-refractivity contribution is 0.0963. The average molecular weight is 250 g/mol. The summed E-state index contributed by atoms with van der Waals surface area (Å²) in [5.74, 6) is -0.281. The summed E-state index contributed by atoms with van der Waals surface area (Å²) in [5.41, 5.74) is 6.39. The molecule has 0 aliphatic rings. The topological polar surface area (TPSA) is 82.2 Å². The molecule has 1 aromatic heterocycles. The van der Waals surface area contributed by atoms with Gasteiger partial charge in [0.1, 0.15) is 21.5 Å². The van der Waals surface area contributed by atoms with Gasteiger partial charge in [-0.3, -0.25) is 4.79 Å². The number of thiophene rings is 1. The number of amides is 1. The quantitative estimate of drug-likeness (QED) is 0.786. The van der Waals surface area contributed by atoms with Gasteiger partial charge < -0.3 is 16.0 Å². The van der Waals surface area contributed by atoms with Gasteiger partial charge in [-0.1, -0.05) is 6.08 Å². The van der Waals surface area contributed by atoms with Crippen LogP contribution in [-0.2, 0) is 0 Å². The van der Waals surface area contributed by atoms with Gasteiger partial charge >= 0.3 is 0 Å². The molecule has 0 spiro atoms. The molecule has 90 valence electrons. The normalized spacial score (nSPS) is 9.47. The summed E-state index contributed by atoms with van der Waals surface area (Å²) in [7, 11) is 3.61. The van der Waals surface area contributed by atoms with Gasteiger partial charge in [0.2, 0.25) is 0 Å². The van der Waals surface area contributed by atoms with Gasteiger partial charge in [-0.2, -0.15) is 5.26 Å². The second-order valence-corrected chi connectivity index (χ2v) is 4.53. The molecule has 1 rings (SSSR count). The SMILES string of the molecule is C=CCNC(=O)c1sc(N(C)C)c(C#N)c1N. The monoisotopic (exact) mass is 250 g/mol. The summed E-state index contributed by atoms with van der Waals surface area (Å²) in [5, 5.41) is 12.3. The number of carbonyl (C=O) groups excluding carboxylic acids is 1. The summed E-state index contributed by atoms with van der Waals surface area (Å²) in [4.78, 5) is 13.9. The minimum absolute atomic E-state index is 0.239. The Morgan fingerprint density at radius 2 is 2.35 bits per heavy atom. The summed E-state index contributed by atoms with van der Waals surface area (Å²) < 4.78 is 0. The van der Waals surface area contributed by atoms with Crippen LogP contribution < -0.4 is 16.0 Å². The van der Waals surface area contributed by atoms with E-state index >= 15 is 0 Å². The fourth-order valence-corrected chi connectivity index (χ4v) is 2.28. The summed E-state index contributed by atoms with van der Waals surface area (Å²) in [6.07, 6.45) is 1.58. The minimum atomic E-state index is -0.281. The number of carbonyl (C=O) groups is 1. The van der Waals surface area contributed by atoms with Gasteiger partial charge in [-0.15, -0.1) is 17.9 Å². The van der Waals surface area contributed by atoms with E-state index in [4.69, 9.17) is 11.0 Å². The highest BCUT2D eigenvalue weighted by Crippen LogP contribution is 2.36. The first-order valence-corrected chi connectivity index (χ1v) is 5.73. The molecule has 3 N–H and O–H groups in total. The van der Waals surface area contributed by atoms with Crippen molar-refractivity contribution >= 4 is 27.9 Å². The maximum atomic E-state index is 11.8. The molecular formula is C11H14N4OS. The second-order valence-electron chi connectivity index (χ2n) is 3.53. The van der Waals surface area contributed by atoms with E-state index in [1.807, 2.05) is 6.07 Å². The number of rotatable bonds is 4. The predicted octanol–water partition coefficient (Wildman–Crippen LogP) is 1.18. The van der Waals surface area contributed by atoms with Crippen LogP contribution in [-0.4, -0.2) is 26.5 Å². The third-order valence-corrected chi connectivity index (χ3v) is 3.43. The fourth-order valence-electron chi connectivity index (χ4n) is 1.27. The van der Waals surface area contributed by atoms with E-state index in [0.717, 1.165) is 0 Å². The molecule has 0 fully saturated rings. The highest BCUT2D eigenvalue weighted by atomic mass is 32.1. The molecule has 0 saturated heterocycles. The largest absolute Gasteiger partial charge is 0.396 e. The minimum Gasteiger partial charge on any atom is -0.396 e. The summed E-state index contributed by atoms with van der Waals surface area (Å²) >= 11 is 1.21. The summed E-state index contributed by atoms with van der Waals surface area (Å²) in [6, 6.07) is 2.02. The molecule has 17 heavy (non-hydrogen) atoms. The van der Waals surface area contributed by atoms with Crippen molar-refractivity contribution in [2.45, 2.75) is 0 Å². The molecule has 0 unspecified atom stereocenters. The fraction of sp³-hybridized carbons (Fsp3) is 0.273. The third-order valence-electron chi connectivity index (χ3n) is 2.06. The van der Waals surface area contributed by atoms with Gasteiger partial charge in [0.25, 0.3) is 5.91 Å². The molecule has 6 heteroatoms. The number of nitrogen functional groups attached to an aromatic ring is 1. The van der Waals surface area contributed by atoms with Gasteiger partial charge in [0, 0.05) is 20.6 Å². The van der Waals surface area contributed by atoms with Crippen molar-refractivity contribution in [2.24, 2.45) is 0 Å². The standard InChI is InChI=1S/C11H14N4OS/c1-4-5-14-10(16)9-8(13)7(6-12)11(17-9)15(2)3/h4H,1,5,13H2,2-3H3,(H,14,16). The Kier molecular flexibility index (Phi) is 4.12. The maximum absolute atomic E-state index is 11.8. The molecule has 0 aliphatic carbocycles. The van der Waals surface area contributed by atoms with Crippen LogP contribution >= 0.6 is 11.3 Å². The van der Waals surface area contributed by atoms with Crippen LogP contribution in [0.5, 0.6) is 0 Å². The van der Waals surface area contributed by atoms with E-state index in [1.165, 1.54) is 11.3 Å². The van der Waals surface area contributed by atoms with Crippen molar-refractivity contribution < 1.29 is 4.79 Å². The van der Waals surface area contributed by atoms with Crippen molar-refractivity contribution in [3.8, 4) is 6.07 Å². The molecule has 0 saturated carbocycles. The number of nitrogens with two attached hydrogens (primary N) is 1. The van der Waals surface area contributed by atoms with Crippen LogP contribution in [0.4, 0.5) is 10.7 Å². The summed E-state index contributed by atoms with van der Waals surface area (Å²) in [6.45, 7) is 3.88. The smallest absolute Gasteiger partial charge is 0.263 e. The van der Waals surface area contributed by atoms with Crippen molar-refractivity contribution in [1.82, 2.24) is 5.32 Å². The zero-order valence-corrected chi connectivity index (χ0v) is 10.6. The van der Waals surface area contributed by atoms with Gasteiger partial charge in [0.05, 0.1) is 5.69 Å². The molecule has 1 amide bonds. The number of anilines is 2. The van der Waals surface area contributed by atoms with Crippen LogP contribution in [0, 0.1) is 11.3 Å².